The number of anilines is 1. The Bertz CT molecular complexity index is 405. The highest BCUT2D eigenvalue weighted by atomic mass is 35.5. The zero-order chi connectivity index (χ0) is 14.4. The number of hydrogen-bond donors (Lipinski definition) is 0. The van der Waals surface area contributed by atoms with E-state index < -0.39 is 0 Å². The molecule has 2 rings (SSSR count). The second-order valence-electron chi connectivity index (χ2n) is 5.67. The molecule has 112 valence electrons. The highest BCUT2D eigenvalue weighted by Crippen LogP contribution is 2.32. The van der Waals surface area contributed by atoms with Crippen LogP contribution in [0.25, 0.3) is 0 Å². The van der Waals surface area contributed by atoms with E-state index in [1.165, 1.54) is 32.1 Å². The third-order valence-corrected chi connectivity index (χ3v) is 3.90. The first-order valence-corrected chi connectivity index (χ1v) is 8.20. The van der Waals surface area contributed by atoms with Crippen LogP contribution in [0, 0.1) is 0 Å². The maximum atomic E-state index is 6.01. The molecule has 1 heterocycles. The van der Waals surface area contributed by atoms with E-state index in [0.717, 1.165) is 18.1 Å². The summed E-state index contributed by atoms with van der Waals surface area (Å²) in [7, 11) is 0. The fourth-order valence-corrected chi connectivity index (χ4v) is 3.07. The van der Waals surface area contributed by atoms with E-state index in [2.05, 4.69) is 9.88 Å². The Morgan fingerprint density at radius 2 is 2.10 bits per heavy atom. The largest absolute Gasteiger partial charge is 0.487 e. The van der Waals surface area contributed by atoms with Crippen molar-refractivity contribution in [3.63, 3.8) is 0 Å². The van der Waals surface area contributed by atoms with Gasteiger partial charge >= 0.3 is 0 Å². The Kier molecular flexibility index (Phi) is 5.96. The molecule has 1 aromatic heterocycles. The quantitative estimate of drug-likeness (QED) is 0.734. The number of alkyl halides is 1. The van der Waals surface area contributed by atoms with Gasteiger partial charge in [0.05, 0.1) is 6.10 Å². The normalized spacial score (nSPS) is 16.4. The first-order valence-electron chi connectivity index (χ1n) is 7.66. The predicted molar refractivity (Wildman–Crippen MR) is 84.9 cm³/mol. The first-order chi connectivity index (χ1) is 9.72. The van der Waals surface area contributed by atoms with Crippen molar-refractivity contribution < 1.29 is 4.74 Å². The van der Waals surface area contributed by atoms with Crippen molar-refractivity contribution in [3.8, 4) is 5.75 Å². The lowest BCUT2D eigenvalue weighted by Crippen LogP contribution is -2.39. The number of aromatic nitrogens is 1. The summed E-state index contributed by atoms with van der Waals surface area (Å²) in [5.41, 5.74) is 0. The van der Waals surface area contributed by atoms with Gasteiger partial charge in [0.1, 0.15) is 0 Å². The molecule has 1 saturated carbocycles. The fraction of sp³-hybridized carbons (Fsp3) is 0.688. The molecule has 1 fully saturated rings. The first kappa shape index (κ1) is 15.4. The molecule has 0 atom stereocenters. The van der Waals surface area contributed by atoms with Crippen molar-refractivity contribution in [3.05, 3.63) is 18.3 Å². The maximum absolute atomic E-state index is 6.01. The van der Waals surface area contributed by atoms with Gasteiger partial charge in [0.15, 0.2) is 11.6 Å². The highest BCUT2D eigenvalue weighted by Gasteiger charge is 2.24. The third-order valence-electron chi connectivity index (χ3n) is 3.73. The van der Waals surface area contributed by atoms with Crippen LogP contribution in [-0.2, 0) is 0 Å². The van der Waals surface area contributed by atoms with Crippen LogP contribution in [-0.4, -0.2) is 29.6 Å². The molecule has 0 radical (unpaired) electrons. The minimum Gasteiger partial charge on any atom is -0.487 e. The van der Waals surface area contributed by atoms with Crippen LogP contribution in [0.1, 0.15) is 46.0 Å². The van der Waals surface area contributed by atoms with E-state index >= 15 is 0 Å². The van der Waals surface area contributed by atoms with Crippen molar-refractivity contribution >= 4 is 17.4 Å². The molecule has 1 aromatic rings. The zero-order valence-corrected chi connectivity index (χ0v) is 13.3. The minimum absolute atomic E-state index is 0.155. The molecule has 0 unspecified atom stereocenters. The van der Waals surface area contributed by atoms with Crippen LogP contribution < -0.4 is 9.64 Å². The zero-order valence-electron chi connectivity index (χ0n) is 12.5. The smallest absolute Gasteiger partial charge is 0.171 e. The summed E-state index contributed by atoms with van der Waals surface area (Å²) < 4.78 is 5.92. The van der Waals surface area contributed by atoms with Gasteiger partial charge in [-0.15, -0.1) is 11.6 Å². The molecule has 0 bridgehead atoms. The Labute approximate surface area is 127 Å². The van der Waals surface area contributed by atoms with Crippen LogP contribution in [0.5, 0.6) is 5.75 Å². The molecular weight excluding hydrogens is 272 g/mol. The number of nitrogens with zero attached hydrogens (tertiary/aromatic N) is 2. The molecule has 0 N–H and O–H groups in total. The minimum atomic E-state index is 0.155. The van der Waals surface area contributed by atoms with E-state index in [-0.39, 0.29) is 6.10 Å². The molecular formula is C16H25ClN2O. The summed E-state index contributed by atoms with van der Waals surface area (Å²) in [4.78, 5) is 6.92. The summed E-state index contributed by atoms with van der Waals surface area (Å²) in [5, 5.41) is 0. The lowest BCUT2D eigenvalue weighted by molar-refractivity contribution is 0.241. The van der Waals surface area contributed by atoms with Crippen molar-refractivity contribution in [2.45, 2.75) is 58.1 Å². The maximum Gasteiger partial charge on any atom is 0.171 e. The Morgan fingerprint density at radius 1 is 1.35 bits per heavy atom. The van der Waals surface area contributed by atoms with Crippen LogP contribution >= 0.6 is 11.6 Å². The highest BCUT2D eigenvalue weighted by molar-refractivity contribution is 6.18. The van der Waals surface area contributed by atoms with Gasteiger partial charge in [-0.3, -0.25) is 0 Å². The Hall–Kier alpha value is -0.960. The van der Waals surface area contributed by atoms with Crippen molar-refractivity contribution in [2.75, 3.05) is 17.3 Å². The summed E-state index contributed by atoms with van der Waals surface area (Å²) in [5.74, 6) is 2.45. The Morgan fingerprint density at radius 3 is 2.75 bits per heavy atom. The van der Waals surface area contributed by atoms with Gasteiger partial charge in [0.2, 0.25) is 0 Å². The molecule has 0 saturated heterocycles. The third kappa shape index (κ3) is 4.02. The fourth-order valence-electron chi connectivity index (χ4n) is 2.89. The molecule has 20 heavy (non-hydrogen) atoms. The topological polar surface area (TPSA) is 25.4 Å². The predicted octanol–water partition coefficient (Wildman–Crippen LogP) is 4.25. The lowest BCUT2D eigenvalue weighted by Gasteiger charge is -2.35. The SMILES string of the molecule is CC(C)Oc1cccnc1N(CCCl)C1CCCCC1. The van der Waals surface area contributed by atoms with Gasteiger partial charge in [-0.1, -0.05) is 19.3 Å². The molecule has 4 heteroatoms. The molecule has 0 spiro atoms. The van der Waals surface area contributed by atoms with Gasteiger partial charge in [0, 0.05) is 24.7 Å². The average molecular weight is 297 g/mol. The summed E-state index contributed by atoms with van der Waals surface area (Å²) in [6, 6.07) is 4.49. The molecule has 0 aromatic carbocycles. The summed E-state index contributed by atoms with van der Waals surface area (Å²) in [6.45, 7) is 4.92. The molecule has 0 aliphatic heterocycles. The second-order valence-corrected chi connectivity index (χ2v) is 6.04. The molecule has 0 amide bonds. The second kappa shape index (κ2) is 7.72. The van der Waals surface area contributed by atoms with E-state index in [4.69, 9.17) is 16.3 Å². The summed E-state index contributed by atoms with van der Waals surface area (Å²) >= 11 is 6.01. The van der Waals surface area contributed by atoms with E-state index in [1.54, 1.807) is 0 Å². The van der Waals surface area contributed by atoms with Gasteiger partial charge in [0.25, 0.3) is 0 Å². The van der Waals surface area contributed by atoms with Crippen LogP contribution in [0.15, 0.2) is 18.3 Å². The van der Waals surface area contributed by atoms with Crippen LogP contribution in [0.4, 0.5) is 5.82 Å². The number of hydrogen-bond acceptors (Lipinski definition) is 3. The average Bonchev–Trinajstić information content (AvgIpc) is 2.46. The van der Waals surface area contributed by atoms with Crippen LogP contribution in [0.2, 0.25) is 0 Å². The number of rotatable bonds is 6. The standard InChI is InChI=1S/C16H25ClN2O/c1-13(2)20-15-9-6-11-18-16(15)19(12-10-17)14-7-4-3-5-8-14/h6,9,11,13-14H,3-5,7-8,10,12H2,1-2H3. The summed E-state index contributed by atoms with van der Waals surface area (Å²) in [6.07, 6.45) is 8.41. The van der Waals surface area contributed by atoms with E-state index in [9.17, 15) is 0 Å². The Balaban J connectivity index is 2.23. The van der Waals surface area contributed by atoms with Gasteiger partial charge < -0.3 is 9.64 Å². The molecule has 1 aliphatic carbocycles. The molecule has 3 nitrogen and oxygen atoms in total. The number of ether oxygens (including phenoxy) is 1. The van der Waals surface area contributed by atoms with Gasteiger partial charge in [-0.05, 0) is 38.8 Å². The van der Waals surface area contributed by atoms with Gasteiger partial charge in [-0.25, -0.2) is 4.98 Å². The van der Waals surface area contributed by atoms with E-state index in [1.807, 2.05) is 32.2 Å². The van der Waals surface area contributed by atoms with Gasteiger partial charge in [-0.2, -0.15) is 0 Å². The number of halogens is 1. The van der Waals surface area contributed by atoms with Crippen LogP contribution in [0.3, 0.4) is 0 Å². The monoisotopic (exact) mass is 296 g/mol. The van der Waals surface area contributed by atoms with Crippen molar-refractivity contribution in [1.82, 2.24) is 4.98 Å². The lowest BCUT2D eigenvalue weighted by atomic mass is 9.94. The van der Waals surface area contributed by atoms with E-state index in [0.29, 0.717) is 11.9 Å². The number of pyridine rings is 1. The van der Waals surface area contributed by atoms with Crippen molar-refractivity contribution in [1.29, 1.82) is 0 Å². The molecule has 1 aliphatic rings. The van der Waals surface area contributed by atoms with Crippen molar-refractivity contribution in [2.24, 2.45) is 0 Å².